The first-order valence-electron chi connectivity index (χ1n) is 12.4. The number of aromatic nitrogens is 2. The van der Waals surface area contributed by atoms with Crippen molar-refractivity contribution >= 4 is 23.0 Å². The van der Waals surface area contributed by atoms with E-state index < -0.39 is 0 Å². The lowest BCUT2D eigenvalue weighted by atomic mass is 9.99. The molecular weight excluding hydrogens is 487 g/mol. The maximum atomic E-state index is 14.8. The summed E-state index contributed by atoms with van der Waals surface area (Å²) >= 11 is 0. The molecule has 8 nitrogen and oxygen atoms in total. The van der Waals surface area contributed by atoms with E-state index >= 15 is 0 Å². The predicted octanol–water partition coefficient (Wildman–Crippen LogP) is 3.86. The Balaban J connectivity index is 1.23. The Morgan fingerprint density at radius 2 is 2.18 bits per heavy atom. The van der Waals surface area contributed by atoms with Crippen LogP contribution in [0.15, 0.2) is 41.6 Å². The minimum atomic E-state index is -0.347. The molecular formula is C29H29FN4O4. The minimum absolute atomic E-state index is 0.0249. The van der Waals surface area contributed by atoms with E-state index in [1.165, 1.54) is 11.8 Å². The van der Waals surface area contributed by atoms with Crippen LogP contribution in [0.25, 0.3) is 10.9 Å². The van der Waals surface area contributed by atoms with Crippen molar-refractivity contribution in [1.29, 1.82) is 0 Å². The lowest BCUT2D eigenvalue weighted by Crippen LogP contribution is -2.13. The summed E-state index contributed by atoms with van der Waals surface area (Å²) in [5, 5.41) is 6.84. The highest BCUT2D eigenvalue weighted by Gasteiger charge is 2.55. The van der Waals surface area contributed by atoms with E-state index in [9.17, 15) is 9.18 Å². The number of fused-ring (bicyclic) bond motifs is 2. The third-order valence-electron chi connectivity index (χ3n) is 6.98. The molecule has 1 aliphatic heterocycles. The van der Waals surface area contributed by atoms with Crippen LogP contribution in [0.2, 0.25) is 0 Å². The van der Waals surface area contributed by atoms with Crippen LogP contribution in [0.4, 0.5) is 10.2 Å². The molecule has 5 rings (SSSR count). The standard InChI is InChI=1S/C29H29FN4O4/c1-18-12-21(36-3)13-23-22(25(30)16-33-27(18)23)6-8-29-14-24(29)19(17-38-29)7-9-32-15-20-4-5-26(37-11-10-35)28(31-2)34-20/h4-5,10,12-13,16,32H,6,8,11,14-15,17H2,1-3H3,(H,31,34). The monoisotopic (exact) mass is 516 g/mol. The molecule has 38 heavy (non-hydrogen) atoms. The molecule has 0 radical (unpaired) electrons. The van der Waals surface area contributed by atoms with Crippen LogP contribution < -0.4 is 20.1 Å². The van der Waals surface area contributed by atoms with E-state index in [1.54, 1.807) is 20.2 Å². The Bertz CT molecular complexity index is 1490. The second kappa shape index (κ2) is 10.7. The number of carbonyl (C=O) groups is 1. The Hall–Kier alpha value is -4.16. The summed E-state index contributed by atoms with van der Waals surface area (Å²) in [7, 11) is 3.35. The fourth-order valence-electron chi connectivity index (χ4n) is 4.92. The van der Waals surface area contributed by atoms with Gasteiger partial charge in [0.1, 0.15) is 18.2 Å². The van der Waals surface area contributed by atoms with Crippen molar-refractivity contribution in [2.24, 2.45) is 0 Å². The van der Waals surface area contributed by atoms with E-state index in [-0.39, 0.29) is 18.0 Å². The Labute approximate surface area is 220 Å². The molecule has 2 N–H and O–H groups in total. The van der Waals surface area contributed by atoms with Crippen LogP contribution in [-0.4, -0.2) is 49.2 Å². The van der Waals surface area contributed by atoms with Crippen molar-refractivity contribution in [2.45, 2.75) is 38.3 Å². The van der Waals surface area contributed by atoms with Gasteiger partial charge in [0, 0.05) is 30.5 Å². The number of rotatable bonds is 10. The van der Waals surface area contributed by atoms with Gasteiger partial charge in [0.15, 0.2) is 17.9 Å². The van der Waals surface area contributed by atoms with Crippen LogP contribution in [0.3, 0.4) is 0 Å². The molecule has 2 aromatic heterocycles. The van der Waals surface area contributed by atoms with Crippen LogP contribution in [-0.2, 0) is 22.5 Å². The number of nitrogens with one attached hydrogen (secondary N) is 2. The number of aryl methyl sites for hydroxylation is 2. The van der Waals surface area contributed by atoms with Crippen molar-refractivity contribution in [2.75, 3.05) is 32.7 Å². The third kappa shape index (κ3) is 5.00. The molecule has 1 aliphatic carbocycles. The van der Waals surface area contributed by atoms with E-state index in [0.29, 0.717) is 55.2 Å². The molecule has 3 aromatic rings. The maximum absolute atomic E-state index is 14.8. The van der Waals surface area contributed by atoms with Gasteiger partial charge in [0.05, 0.1) is 43.3 Å². The van der Waals surface area contributed by atoms with Gasteiger partial charge in [-0.05, 0) is 66.7 Å². The number of halogens is 1. The normalized spacial score (nSPS) is 17.5. The van der Waals surface area contributed by atoms with Gasteiger partial charge in [-0.25, -0.2) is 9.37 Å². The Morgan fingerprint density at radius 3 is 2.95 bits per heavy atom. The number of hydrogen-bond acceptors (Lipinski definition) is 8. The fraction of sp³-hybridized carbons (Fsp3) is 0.345. The number of nitrogens with zero attached hydrogens (tertiary/aromatic N) is 2. The average molecular weight is 517 g/mol. The zero-order valence-electron chi connectivity index (χ0n) is 21.6. The van der Waals surface area contributed by atoms with Crippen molar-refractivity contribution < 1.29 is 23.4 Å². The zero-order chi connectivity index (χ0) is 26.7. The summed E-state index contributed by atoms with van der Waals surface area (Å²) in [6.07, 6.45) is 4.03. The van der Waals surface area contributed by atoms with Gasteiger partial charge in [-0.1, -0.05) is 0 Å². The highest BCUT2D eigenvalue weighted by atomic mass is 19.1. The number of hydrogen-bond donors (Lipinski definition) is 2. The highest BCUT2D eigenvalue weighted by Crippen LogP contribution is 2.55. The summed E-state index contributed by atoms with van der Waals surface area (Å²) in [6, 6.07) is 10.4. The SMILES string of the molecule is CNc1nc(CNC#CC2=C3CC3(CCc3c(F)cnc4c(C)cc(OC)cc34)OC2)ccc1OCC=O. The molecule has 0 bridgehead atoms. The number of benzene rings is 1. The molecule has 9 heteroatoms. The van der Waals surface area contributed by atoms with Gasteiger partial charge in [-0.3, -0.25) is 9.78 Å². The summed E-state index contributed by atoms with van der Waals surface area (Å²) in [5.74, 6) is 4.64. The van der Waals surface area contributed by atoms with Gasteiger partial charge in [0.2, 0.25) is 0 Å². The van der Waals surface area contributed by atoms with E-state index in [4.69, 9.17) is 14.2 Å². The summed E-state index contributed by atoms with van der Waals surface area (Å²) in [6.45, 7) is 2.83. The second-order valence-electron chi connectivity index (χ2n) is 9.32. The molecule has 0 spiro atoms. The molecule has 3 heterocycles. The maximum Gasteiger partial charge on any atom is 0.168 e. The van der Waals surface area contributed by atoms with Crippen LogP contribution in [0.5, 0.6) is 11.5 Å². The lowest BCUT2D eigenvalue weighted by molar-refractivity contribution is -0.109. The van der Waals surface area contributed by atoms with Crippen molar-refractivity contribution in [3.8, 4) is 23.5 Å². The molecule has 1 saturated carbocycles. The molecule has 1 fully saturated rings. The first-order valence-corrected chi connectivity index (χ1v) is 12.4. The van der Waals surface area contributed by atoms with E-state index in [0.717, 1.165) is 34.2 Å². The summed E-state index contributed by atoms with van der Waals surface area (Å²) < 4.78 is 31.7. The van der Waals surface area contributed by atoms with E-state index in [2.05, 4.69) is 32.6 Å². The number of aldehydes is 1. The van der Waals surface area contributed by atoms with E-state index in [1.807, 2.05) is 25.1 Å². The first-order chi connectivity index (χ1) is 18.5. The summed E-state index contributed by atoms with van der Waals surface area (Å²) in [4.78, 5) is 19.3. The number of carbonyl (C=O) groups excluding carboxylic acids is 1. The average Bonchev–Trinajstić information content (AvgIpc) is 3.55. The third-order valence-corrected chi connectivity index (χ3v) is 6.98. The quantitative estimate of drug-likeness (QED) is 0.238. The van der Waals surface area contributed by atoms with Crippen LogP contribution >= 0.6 is 0 Å². The molecule has 2 aliphatic rings. The number of ether oxygens (including phenoxy) is 3. The molecule has 1 aromatic carbocycles. The first kappa shape index (κ1) is 25.5. The zero-order valence-corrected chi connectivity index (χ0v) is 21.6. The van der Waals surface area contributed by atoms with Crippen molar-refractivity contribution in [1.82, 2.24) is 15.3 Å². The summed E-state index contributed by atoms with van der Waals surface area (Å²) in [5.41, 5.74) is 4.99. The van der Waals surface area contributed by atoms with Gasteiger partial charge in [-0.15, -0.1) is 0 Å². The topological polar surface area (TPSA) is 94.6 Å². The van der Waals surface area contributed by atoms with Crippen molar-refractivity contribution in [3.63, 3.8) is 0 Å². The molecule has 1 unspecified atom stereocenters. The predicted molar refractivity (Wildman–Crippen MR) is 142 cm³/mol. The van der Waals surface area contributed by atoms with Crippen molar-refractivity contribution in [3.05, 3.63) is 64.2 Å². The van der Waals surface area contributed by atoms with Gasteiger partial charge >= 0.3 is 0 Å². The Kier molecular flexibility index (Phi) is 7.16. The second-order valence-corrected chi connectivity index (χ2v) is 9.32. The fourth-order valence-corrected chi connectivity index (χ4v) is 4.92. The molecule has 0 saturated heterocycles. The van der Waals surface area contributed by atoms with Gasteiger partial charge in [-0.2, -0.15) is 0 Å². The Morgan fingerprint density at radius 1 is 1.32 bits per heavy atom. The van der Waals surface area contributed by atoms with Crippen LogP contribution in [0.1, 0.15) is 29.7 Å². The largest absolute Gasteiger partial charge is 0.497 e. The minimum Gasteiger partial charge on any atom is -0.497 e. The lowest BCUT2D eigenvalue weighted by Gasteiger charge is -2.15. The number of pyridine rings is 2. The molecule has 196 valence electrons. The van der Waals surface area contributed by atoms with Crippen LogP contribution in [0, 0.1) is 24.7 Å². The number of anilines is 1. The smallest absolute Gasteiger partial charge is 0.168 e. The van der Waals surface area contributed by atoms with Gasteiger partial charge in [0.25, 0.3) is 0 Å². The molecule has 0 amide bonds. The van der Waals surface area contributed by atoms with Gasteiger partial charge < -0.3 is 24.8 Å². The number of methoxy groups -OCH3 is 1. The molecule has 1 atom stereocenters. The highest BCUT2D eigenvalue weighted by molar-refractivity contribution is 5.86.